The highest BCUT2D eigenvalue weighted by atomic mass is 79.9. The summed E-state index contributed by atoms with van der Waals surface area (Å²) in [6.45, 7) is 2.84. The fourth-order valence-electron chi connectivity index (χ4n) is 1.82. The topological polar surface area (TPSA) is 77.0 Å². The van der Waals surface area contributed by atoms with Crippen molar-refractivity contribution >= 4 is 31.9 Å². The lowest BCUT2D eigenvalue weighted by atomic mass is 10.4. The molecule has 0 amide bonds. The van der Waals surface area contributed by atoms with E-state index < -0.39 is 10.0 Å². The van der Waals surface area contributed by atoms with Crippen LogP contribution in [0.2, 0.25) is 0 Å². The molecule has 0 spiro atoms. The van der Waals surface area contributed by atoms with Crippen LogP contribution >= 0.6 is 15.9 Å². The summed E-state index contributed by atoms with van der Waals surface area (Å²) < 4.78 is 27.8. The number of rotatable bonds is 5. The third-order valence-corrected chi connectivity index (χ3v) is 5.00. The molecule has 0 fully saturated rings. The van der Waals surface area contributed by atoms with E-state index in [0.717, 1.165) is 17.6 Å². The fourth-order valence-corrected chi connectivity index (χ4v) is 3.09. The van der Waals surface area contributed by atoms with Gasteiger partial charge < -0.3 is 10.2 Å². The summed E-state index contributed by atoms with van der Waals surface area (Å²) in [5.74, 6) is 0.282. The van der Waals surface area contributed by atoms with E-state index in [9.17, 15) is 8.42 Å². The number of halogens is 1. The van der Waals surface area contributed by atoms with Gasteiger partial charge in [0.25, 0.3) is 10.0 Å². The van der Waals surface area contributed by atoms with Crippen LogP contribution in [0.5, 0.6) is 0 Å². The average molecular weight is 390 g/mol. The number of hydrogen-bond donors (Lipinski definition) is 2. The Labute approximate surface area is 139 Å². The Hall–Kier alpha value is -1.16. The molecule has 1 heterocycles. The molecule has 2 rings (SSSR count). The molecule has 22 heavy (non-hydrogen) atoms. The summed E-state index contributed by atoms with van der Waals surface area (Å²) in [4.78, 5) is 8.62. The highest BCUT2D eigenvalue weighted by Gasteiger charge is 2.19. The predicted molar refractivity (Wildman–Crippen MR) is 90.0 cm³/mol. The van der Waals surface area contributed by atoms with Gasteiger partial charge in [-0.3, -0.25) is 4.90 Å². The molecule has 2 N–H and O–H groups in total. The highest BCUT2D eigenvalue weighted by Crippen LogP contribution is 2.14. The van der Waals surface area contributed by atoms with Crippen molar-refractivity contribution in [2.24, 2.45) is 4.99 Å². The first kappa shape index (κ1) is 17.2. The van der Waals surface area contributed by atoms with Gasteiger partial charge in [0.05, 0.1) is 18.2 Å². The van der Waals surface area contributed by atoms with E-state index in [1.54, 1.807) is 24.3 Å². The Kier molecular flexibility index (Phi) is 5.79. The maximum absolute atomic E-state index is 12.2. The first-order chi connectivity index (χ1) is 10.4. The lowest BCUT2D eigenvalue weighted by Crippen LogP contribution is -2.51. The Balaban J connectivity index is 1.95. The van der Waals surface area contributed by atoms with Crippen molar-refractivity contribution < 1.29 is 8.42 Å². The lowest BCUT2D eigenvalue weighted by Gasteiger charge is -2.27. The first-order valence-corrected chi connectivity index (χ1v) is 9.08. The summed E-state index contributed by atoms with van der Waals surface area (Å²) in [7, 11) is 0.414. The smallest absolute Gasteiger partial charge is 0.264 e. The van der Waals surface area contributed by atoms with Gasteiger partial charge in [-0.25, -0.2) is 18.1 Å². The van der Waals surface area contributed by atoms with Crippen molar-refractivity contribution in [3.05, 3.63) is 28.7 Å². The van der Waals surface area contributed by atoms with E-state index in [4.69, 9.17) is 0 Å². The second-order valence-electron chi connectivity index (χ2n) is 5.24. The zero-order chi connectivity index (χ0) is 16.2. The van der Waals surface area contributed by atoms with Crippen LogP contribution in [-0.4, -0.2) is 64.7 Å². The van der Waals surface area contributed by atoms with E-state index in [-0.39, 0.29) is 10.9 Å². The third-order valence-electron chi connectivity index (χ3n) is 3.12. The van der Waals surface area contributed by atoms with Gasteiger partial charge in [-0.1, -0.05) is 15.9 Å². The largest absolute Gasteiger partial charge is 0.343 e. The minimum atomic E-state index is -3.61. The Morgan fingerprint density at radius 1 is 1.36 bits per heavy atom. The predicted octanol–water partition coefficient (Wildman–Crippen LogP) is 0.465. The van der Waals surface area contributed by atoms with Crippen LogP contribution in [0.4, 0.5) is 0 Å². The van der Waals surface area contributed by atoms with Gasteiger partial charge in [-0.15, -0.1) is 0 Å². The third kappa shape index (κ3) is 4.94. The Morgan fingerprint density at radius 2 is 2.05 bits per heavy atom. The zero-order valence-electron chi connectivity index (χ0n) is 12.6. The van der Waals surface area contributed by atoms with Crippen molar-refractivity contribution in [3.63, 3.8) is 0 Å². The summed E-state index contributed by atoms with van der Waals surface area (Å²) in [5.41, 5.74) is 0. The summed E-state index contributed by atoms with van der Waals surface area (Å²) >= 11 is 3.28. The van der Waals surface area contributed by atoms with Gasteiger partial charge in [0.1, 0.15) is 0 Å². The van der Waals surface area contributed by atoms with E-state index in [1.165, 1.54) is 0 Å². The molecular formula is C13H20BrN5O2S. The van der Waals surface area contributed by atoms with Crippen LogP contribution in [0.3, 0.4) is 0 Å². The van der Waals surface area contributed by atoms with Crippen molar-refractivity contribution in [2.75, 3.05) is 40.5 Å². The molecule has 0 saturated carbocycles. The molecule has 0 bridgehead atoms. The average Bonchev–Trinajstić information content (AvgIpc) is 2.46. The number of likely N-dealkylation sites (N-methyl/N-ethyl adjacent to an activating group) is 1. The van der Waals surface area contributed by atoms with Gasteiger partial charge in [0, 0.05) is 17.6 Å². The van der Waals surface area contributed by atoms with Gasteiger partial charge >= 0.3 is 0 Å². The van der Waals surface area contributed by atoms with Gasteiger partial charge in [-0.05, 0) is 38.4 Å². The Bertz CT molecular complexity index is 630. The molecule has 0 unspecified atom stereocenters. The van der Waals surface area contributed by atoms with Crippen LogP contribution in [0, 0.1) is 0 Å². The maximum atomic E-state index is 12.2. The van der Waals surface area contributed by atoms with Crippen molar-refractivity contribution in [3.8, 4) is 0 Å². The van der Waals surface area contributed by atoms with E-state index in [1.807, 2.05) is 14.1 Å². The number of nitrogens with zero attached hydrogens (tertiary/aromatic N) is 3. The van der Waals surface area contributed by atoms with E-state index >= 15 is 0 Å². The molecule has 0 saturated heterocycles. The number of nitrogens with one attached hydrogen (secondary N) is 2. The molecule has 0 atom stereocenters. The molecule has 1 aromatic rings. The Morgan fingerprint density at radius 3 is 2.59 bits per heavy atom. The molecule has 1 aromatic carbocycles. The van der Waals surface area contributed by atoms with E-state index in [0.29, 0.717) is 13.3 Å². The molecule has 122 valence electrons. The minimum absolute atomic E-state index is 0.204. The number of sulfonamides is 1. The molecule has 1 aliphatic rings. The normalized spacial score (nSPS) is 16.3. The van der Waals surface area contributed by atoms with E-state index in [2.05, 4.69) is 40.8 Å². The molecule has 0 aromatic heterocycles. The minimum Gasteiger partial charge on any atom is -0.343 e. The van der Waals surface area contributed by atoms with Gasteiger partial charge in [0.2, 0.25) is 5.96 Å². The molecule has 1 aliphatic heterocycles. The molecule has 7 nitrogen and oxygen atoms in total. The zero-order valence-corrected chi connectivity index (χ0v) is 15.0. The second-order valence-corrected chi connectivity index (χ2v) is 7.84. The summed E-state index contributed by atoms with van der Waals surface area (Å²) in [6, 6.07) is 6.46. The summed E-state index contributed by atoms with van der Waals surface area (Å²) in [5, 5.41) is 2.99. The molecule has 0 radical (unpaired) electrons. The SMILES string of the molecule is CN(C)CCN1CN=C(NS(=O)(=O)c2ccc(Br)cc2)NC1. The fraction of sp³-hybridized carbons (Fsp3) is 0.462. The number of aliphatic imine (C=N–C) groups is 1. The number of benzene rings is 1. The van der Waals surface area contributed by atoms with Crippen LogP contribution in [0.25, 0.3) is 0 Å². The van der Waals surface area contributed by atoms with Crippen LogP contribution in [0.15, 0.2) is 38.6 Å². The quantitative estimate of drug-likeness (QED) is 0.764. The highest BCUT2D eigenvalue weighted by molar-refractivity contribution is 9.10. The number of guanidine groups is 1. The first-order valence-electron chi connectivity index (χ1n) is 6.80. The van der Waals surface area contributed by atoms with Crippen LogP contribution in [0.1, 0.15) is 0 Å². The maximum Gasteiger partial charge on any atom is 0.264 e. The van der Waals surface area contributed by atoms with Crippen molar-refractivity contribution in [2.45, 2.75) is 4.90 Å². The van der Waals surface area contributed by atoms with Crippen LogP contribution in [-0.2, 0) is 10.0 Å². The summed E-state index contributed by atoms with van der Waals surface area (Å²) in [6.07, 6.45) is 0. The standard InChI is InChI=1S/C13H20BrN5O2S/c1-18(2)7-8-19-9-15-13(16-10-19)17-22(20,21)12-5-3-11(14)4-6-12/h3-6H,7-10H2,1-2H3,(H2,15,16,17). The molecule has 9 heteroatoms. The number of hydrogen-bond acceptors (Lipinski definition) is 6. The van der Waals surface area contributed by atoms with Crippen molar-refractivity contribution in [1.29, 1.82) is 0 Å². The lowest BCUT2D eigenvalue weighted by molar-refractivity contribution is 0.233. The molecular weight excluding hydrogens is 370 g/mol. The molecule has 0 aliphatic carbocycles. The van der Waals surface area contributed by atoms with Gasteiger partial charge in [0.15, 0.2) is 0 Å². The van der Waals surface area contributed by atoms with Crippen LogP contribution < -0.4 is 10.0 Å². The second kappa shape index (κ2) is 7.40. The van der Waals surface area contributed by atoms with Gasteiger partial charge in [-0.2, -0.15) is 0 Å². The van der Waals surface area contributed by atoms with Crippen molar-refractivity contribution in [1.82, 2.24) is 19.8 Å². The monoisotopic (exact) mass is 389 g/mol.